The third-order valence-corrected chi connectivity index (χ3v) is 5.40. The minimum Gasteiger partial charge on any atom is -0.475 e. The Morgan fingerprint density at radius 2 is 1.89 bits per heavy atom. The van der Waals surface area contributed by atoms with Crippen molar-refractivity contribution in [3.05, 3.63) is 16.5 Å². The van der Waals surface area contributed by atoms with E-state index in [4.69, 9.17) is 9.52 Å². The lowest BCUT2D eigenvalue weighted by Gasteiger charge is -2.14. The van der Waals surface area contributed by atoms with Gasteiger partial charge in [-0.3, -0.25) is 0 Å². The van der Waals surface area contributed by atoms with Crippen molar-refractivity contribution < 1.29 is 32.9 Å². The van der Waals surface area contributed by atoms with Crippen LogP contribution in [0.5, 0.6) is 0 Å². The minimum atomic E-state index is -4.04. The lowest BCUT2D eigenvalue weighted by molar-refractivity contribution is 0.0572. The second-order valence-corrected chi connectivity index (χ2v) is 6.64. The molecule has 0 unspecified atom stereocenters. The fourth-order valence-electron chi connectivity index (χ4n) is 1.70. The SMILES string of the molecule is O=C(O)c1cc(S(=O)(=O)N2C[C@@H](O)[C@@H](O)C2)c(Br)o1. The van der Waals surface area contributed by atoms with Crippen LogP contribution in [0.25, 0.3) is 0 Å². The highest BCUT2D eigenvalue weighted by Crippen LogP contribution is 2.30. The fraction of sp³-hybridized carbons (Fsp3) is 0.444. The molecule has 2 atom stereocenters. The van der Waals surface area contributed by atoms with Crippen molar-refractivity contribution in [2.75, 3.05) is 13.1 Å². The van der Waals surface area contributed by atoms with Crippen molar-refractivity contribution in [3.63, 3.8) is 0 Å². The van der Waals surface area contributed by atoms with E-state index in [1.54, 1.807) is 0 Å². The summed E-state index contributed by atoms with van der Waals surface area (Å²) in [5, 5.41) is 27.4. The molecule has 8 nitrogen and oxygen atoms in total. The fourth-order valence-corrected chi connectivity index (χ4v) is 4.08. The summed E-state index contributed by atoms with van der Waals surface area (Å²) >= 11 is 2.84. The van der Waals surface area contributed by atoms with Gasteiger partial charge < -0.3 is 19.7 Å². The average Bonchev–Trinajstić information content (AvgIpc) is 2.84. The Morgan fingerprint density at radius 3 is 2.32 bits per heavy atom. The summed E-state index contributed by atoms with van der Waals surface area (Å²) in [6.45, 7) is -0.521. The predicted molar refractivity (Wildman–Crippen MR) is 64.1 cm³/mol. The van der Waals surface area contributed by atoms with Crippen molar-refractivity contribution >= 4 is 31.9 Å². The Balaban J connectivity index is 2.38. The number of halogens is 1. The molecule has 1 fully saturated rings. The lowest BCUT2D eigenvalue weighted by Crippen LogP contribution is -2.29. The molecule has 2 rings (SSSR count). The van der Waals surface area contributed by atoms with E-state index in [1.807, 2.05) is 0 Å². The molecule has 0 aliphatic carbocycles. The Kier molecular flexibility index (Phi) is 3.71. The first kappa shape index (κ1) is 14.5. The van der Waals surface area contributed by atoms with Crippen LogP contribution >= 0.6 is 15.9 Å². The van der Waals surface area contributed by atoms with E-state index < -0.39 is 34.0 Å². The number of aliphatic hydroxyl groups excluding tert-OH is 2. The molecule has 0 radical (unpaired) electrons. The molecule has 1 aromatic rings. The number of carbonyl (C=O) groups is 1. The van der Waals surface area contributed by atoms with Crippen LogP contribution in [-0.4, -0.2) is 59.3 Å². The quantitative estimate of drug-likeness (QED) is 0.664. The van der Waals surface area contributed by atoms with Crippen molar-refractivity contribution in [2.24, 2.45) is 0 Å². The second-order valence-electron chi connectivity index (χ2n) is 4.01. The van der Waals surface area contributed by atoms with E-state index >= 15 is 0 Å². The molecule has 1 aromatic heterocycles. The predicted octanol–water partition coefficient (Wildman–Crippen LogP) is -0.534. The number of hydrogen-bond acceptors (Lipinski definition) is 6. The second kappa shape index (κ2) is 4.87. The van der Waals surface area contributed by atoms with Gasteiger partial charge in [-0.2, -0.15) is 4.31 Å². The monoisotopic (exact) mass is 355 g/mol. The number of rotatable bonds is 3. The Morgan fingerprint density at radius 1 is 1.37 bits per heavy atom. The summed E-state index contributed by atoms with van der Waals surface area (Å²) in [5.74, 6) is -1.92. The smallest absolute Gasteiger partial charge is 0.371 e. The van der Waals surface area contributed by atoms with Crippen LogP contribution < -0.4 is 0 Å². The molecule has 10 heteroatoms. The Hall–Kier alpha value is -0.940. The molecule has 106 valence electrons. The molecule has 0 bridgehead atoms. The van der Waals surface area contributed by atoms with E-state index in [1.165, 1.54) is 0 Å². The molecule has 0 saturated carbocycles. The maximum Gasteiger partial charge on any atom is 0.371 e. The highest BCUT2D eigenvalue weighted by atomic mass is 79.9. The van der Waals surface area contributed by atoms with Crippen LogP contribution in [0.2, 0.25) is 0 Å². The van der Waals surface area contributed by atoms with Gasteiger partial charge in [0.1, 0.15) is 4.90 Å². The van der Waals surface area contributed by atoms with Crippen molar-refractivity contribution in [3.8, 4) is 0 Å². The summed E-state index contributed by atoms with van der Waals surface area (Å²) in [6.07, 6.45) is -2.33. The van der Waals surface area contributed by atoms with Gasteiger partial charge >= 0.3 is 5.97 Å². The van der Waals surface area contributed by atoms with Crippen LogP contribution in [0.15, 0.2) is 20.0 Å². The molecule has 3 N–H and O–H groups in total. The first-order valence-corrected chi connectivity index (χ1v) is 7.35. The number of aliphatic hydroxyl groups is 2. The zero-order valence-electron chi connectivity index (χ0n) is 9.35. The number of nitrogens with zero attached hydrogens (tertiary/aromatic N) is 1. The van der Waals surface area contributed by atoms with Gasteiger partial charge in [-0.1, -0.05) is 0 Å². The highest BCUT2D eigenvalue weighted by molar-refractivity contribution is 9.10. The lowest BCUT2D eigenvalue weighted by atomic mass is 10.3. The van der Waals surface area contributed by atoms with E-state index in [-0.39, 0.29) is 22.7 Å². The third kappa shape index (κ3) is 2.54. The first-order chi connectivity index (χ1) is 8.73. The summed E-state index contributed by atoms with van der Waals surface area (Å²) in [6, 6.07) is 0.874. The third-order valence-electron chi connectivity index (χ3n) is 2.71. The van der Waals surface area contributed by atoms with Crippen LogP contribution in [-0.2, 0) is 10.0 Å². The van der Waals surface area contributed by atoms with Crippen LogP contribution in [0.3, 0.4) is 0 Å². The number of aromatic carboxylic acids is 1. The van der Waals surface area contributed by atoms with Gasteiger partial charge in [-0.25, -0.2) is 13.2 Å². The Labute approximate surface area is 116 Å². The number of hydrogen-bond donors (Lipinski definition) is 3. The van der Waals surface area contributed by atoms with E-state index in [0.717, 1.165) is 10.4 Å². The van der Waals surface area contributed by atoms with E-state index in [2.05, 4.69) is 15.9 Å². The van der Waals surface area contributed by atoms with Gasteiger partial charge in [0.05, 0.1) is 12.2 Å². The summed E-state index contributed by atoms with van der Waals surface area (Å²) < 4.78 is 29.8. The highest BCUT2D eigenvalue weighted by Gasteiger charge is 2.39. The maximum atomic E-state index is 12.2. The van der Waals surface area contributed by atoms with Gasteiger partial charge in [0.2, 0.25) is 15.8 Å². The molecule has 1 aliphatic rings. The number of carboxylic acid groups (broad SMARTS) is 1. The van der Waals surface area contributed by atoms with Crippen LogP contribution in [0.4, 0.5) is 0 Å². The van der Waals surface area contributed by atoms with Gasteiger partial charge in [0, 0.05) is 19.2 Å². The standard InChI is InChI=1S/C9H10BrNO7S/c10-8-7(1-6(18-8)9(14)15)19(16,17)11-2-4(12)5(13)3-11/h1,4-5,12-13H,2-3H2,(H,14,15)/t4-,5+. The maximum absolute atomic E-state index is 12.2. The largest absolute Gasteiger partial charge is 0.475 e. The molecule has 0 spiro atoms. The zero-order valence-corrected chi connectivity index (χ0v) is 11.8. The van der Waals surface area contributed by atoms with Crippen molar-refractivity contribution in [1.29, 1.82) is 0 Å². The molecule has 0 aromatic carbocycles. The minimum absolute atomic E-state index is 0.235. The number of furan rings is 1. The van der Waals surface area contributed by atoms with Crippen LogP contribution in [0.1, 0.15) is 10.6 Å². The van der Waals surface area contributed by atoms with Crippen LogP contribution in [0, 0.1) is 0 Å². The van der Waals surface area contributed by atoms with Gasteiger partial charge in [-0.15, -0.1) is 0 Å². The van der Waals surface area contributed by atoms with Gasteiger partial charge in [0.15, 0.2) is 4.67 Å². The Bertz CT molecular complexity index is 600. The number of β-amino-alcohol motifs (C(OH)–C–C–N with tert-alkyl or cyclic N) is 2. The summed E-state index contributed by atoms with van der Waals surface area (Å²) in [7, 11) is -4.04. The molecule has 1 saturated heterocycles. The molecular formula is C9H10BrNO7S. The topological polar surface area (TPSA) is 128 Å². The molecule has 2 heterocycles. The van der Waals surface area contributed by atoms with Crippen molar-refractivity contribution in [2.45, 2.75) is 17.1 Å². The molecule has 1 aliphatic heterocycles. The number of sulfonamides is 1. The summed E-state index contributed by atoms with van der Waals surface area (Å²) in [4.78, 5) is 10.4. The normalized spacial score (nSPS) is 24.8. The van der Waals surface area contributed by atoms with E-state index in [0.29, 0.717) is 0 Å². The molecule has 0 amide bonds. The zero-order chi connectivity index (χ0) is 14.4. The van der Waals surface area contributed by atoms with E-state index in [9.17, 15) is 23.4 Å². The van der Waals surface area contributed by atoms with Gasteiger partial charge in [-0.05, 0) is 15.9 Å². The summed E-state index contributed by atoms with van der Waals surface area (Å²) in [5.41, 5.74) is 0. The first-order valence-electron chi connectivity index (χ1n) is 5.12. The molecule has 19 heavy (non-hydrogen) atoms. The molecular weight excluding hydrogens is 346 g/mol. The average molecular weight is 356 g/mol. The van der Waals surface area contributed by atoms with Gasteiger partial charge in [0.25, 0.3) is 0 Å². The number of carboxylic acids is 1. The van der Waals surface area contributed by atoms with Crippen molar-refractivity contribution in [1.82, 2.24) is 4.31 Å².